The molecule has 0 bridgehead atoms. The molecule has 0 amide bonds. The Morgan fingerprint density at radius 2 is 1.87 bits per heavy atom. The monoisotopic (exact) mass is 543 g/mol. The Labute approximate surface area is 196 Å². The van der Waals surface area contributed by atoms with Gasteiger partial charge in [-0.25, -0.2) is 13.1 Å². The zero-order valence-electron chi connectivity index (χ0n) is 17.3. The van der Waals surface area contributed by atoms with E-state index >= 15 is 0 Å². The van der Waals surface area contributed by atoms with Gasteiger partial charge in [-0.1, -0.05) is 42.5 Å². The number of hydrogen-bond donors (Lipinski definition) is 3. The highest BCUT2D eigenvalue weighted by molar-refractivity contribution is 14.0. The van der Waals surface area contributed by atoms with Gasteiger partial charge < -0.3 is 15.5 Å². The van der Waals surface area contributed by atoms with Crippen LogP contribution >= 0.6 is 24.0 Å². The molecular formula is C21H30IN5O2S. The molecule has 1 heterocycles. The fourth-order valence-corrected chi connectivity index (χ4v) is 4.21. The zero-order chi connectivity index (χ0) is 20.7. The Morgan fingerprint density at radius 1 is 1.13 bits per heavy atom. The molecule has 1 atom stereocenters. The Morgan fingerprint density at radius 3 is 2.57 bits per heavy atom. The lowest BCUT2D eigenvalue weighted by Gasteiger charge is -2.20. The van der Waals surface area contributed by atoms with Gasteiger partial charge in [0.05, 0.1) is 5.75 Å². The van der Waals surface area contributed by atoms with Crippen molar-refractivity contribution in [2.45, 2.75) is 24.8 Å². The van der Waals surface area contributed by atoms with Crippen LogP contribution < -0.4 is 20.3 Å². The van der Waals surface area contributed by atoms with E-state index < -0.39 is 10.0 Å². The predicted octanol–water partition coefficient (Wildman–Crippen LogP) is 2.30. The van der Waals surface area contributed by atoms with Crippen LogP contribution in [0, 0.1) is 0 Å². The second kappa shape index (κ2) is 11.5. The van der Waals surface area contributed by atoms with Crippen molar-refractivity contribution in [3.8, 4) is 0 Å². The van der Waals surface area contributed by atoms with Gasteiger partial charge in [0.1, 0.15) is 0 Å². The van der Waals surface area contributed by atoms with Gasteiger partial charge in [0.2, 0.25) is 10.0 Å². The third-order valence-corrected chi connectivity index (χ3v) is 6.33. The third-order valence-electron chi connectivity index (χ3n) is 4.99. The minimum atomic E-state index is -3.28. The van der Waals surface area contributed by atoms with Gasteiger partial charge in [-0.2, -0.15) is 0 Å². The lowest BCUT2D eigenvalue weighted by molar-refractivity contribution is 0.587. The smallest absolute Gasteiger partial charge is 0.215 e. The summed E-state index contributed by atoms with van der Waals surface area (Å²) in [4.78, 5) is 6.70. The van der Waals surface area contributed by atoms with Gasteiger partial charge in [0.15, 0.2) is 5.96 Å². The van der Waals surface area contributed by atoms with E-state index in [0.717, 1.165) is 36.6 Å². The fraction of sp³-hybridized carbons (Fsp3) is 0.381. The summed E-state index contributed by atoms with van der Waals surface area (Å²) in [6, 6.07) is 18.3. The van der Waals surface area contributed by atoms with Crippen molar-refractivity contribution in [3.05, 3.63) is 65.7 Å². The molecule has 7 nitrogen and oxygen atoms in total. The van der Waals surface area contributed by atoms with Crippen molar-refractivity contribution in [2.24, 2.45) is 4.99 Å². The lowest BCUT2D eigenvalue weighted by atomic mass is 10.1. The largest absolute Gasteiger partial charge is 0.369 e. The molecule has 164 valence electrons. The Hall–Kier alpha value is -1.85. The molecule has 30 heavy (non-hydrogen) atoms. The quantitative estimate of drug-likeness (QED) is 0.284. The number of rotatable bonds is 7. The third kappa shape index (κ3) is 7.13. The molecule has 3 N–H and O–H groups in total. The van der Waals surface area contributed by atoms with Crippen molar-refractivity contribution in [1.82, 2.24) is 15.4 Å². The summed E-state index contributed by atoms with van der Waals surface area (Å²) in [5.74, 6) is 0.722. The molecule has 1 saturated heterocycles. The maximum atomic E-state index is 11.8. The summed E-state index contributed by atoms with van der Waals surface area (Å²) in [7, 11) is -0.0923. The molecule has 2 aromatic carbocycles. The maximum absolute atomic E-state index is 11.8. The molecule has 3 rings (SSSR count). The first-order valence-electron chi connectivity index (χ1n) is 9.75. The summed E-state index contributed by atoms with van der Waals surface area (Å²) >= 11 is 0. The average Bonchev–Trinajstić information content (AvgIpc) is 3.20. The minimum Gasteiger partial charge on any atom is -0.369 e. The van der Waals surface area contributed by atoms with E-state index in [9.17, 15) is 8.42 Å². The number of benzene rings is 2. The Bertz CT molecular complexity index is 937. The number of nitrogens with zero attached hydrogens (tertiary/aromatic N) is 2. The normalized spacial score (nSPS) is 16.8. The summed E-state index contributed by atoms with van der Waals surface area (Å²) in [5.41, 5.74) is 3.01. The van der Waals surface area contributed by atoms with Crippen LogP contribution in [0.25, 0.3) is 0 Å². The van der Waals surface area contributed by atoms with Crippen LogP contribution in [0.5, 0.6) is 0 Å². The number of para-hydroxylation sites is 1. The molecule has 9 heteroatoms. The van der Waals surface area contributed by atoms with Crippen molar-refractivity contribution >= 4 is 45.6 Å². The number of guanidine groups is 1. The van der Waals surface area contributed by atoms with Crippen LogP contribution in [-0.2, 0) is 22.3 Å². The number of halogens is 1. The predicted molar refractivity (Wildman–Crippen MR) is 134 cm³/mol. The molecule has 0 saturated carbocycles. The molecule has 1 unspecified atom stereocenters. The molecular weight excluding hydrogens is 513 g/mol. The van der Waals surface area contributed by atoms with Gasteiger partial charge in [-0.15, -0.1) is 24.0 Å². The van der Waals surface area contributed by atoms with Crippen LogP contribution in [0.1, 0.15) is 17.5 Å². The summed E-state index contributed by atoms with van der Waals surface area (Å²) in [6.07, 6.45) is 1.05. The highest BCUT2D eigenvalue weighted by Crippen LogP contribution is 2.19. The van der Waals surface area contributed by atoms with E-state index in [1.165, 1.54) is 12.7 Å². The number of sulfonamides is 1. The second-order valence-corrected chi connectivity index (χ2v) is 9.05. The Kier molecular flexibility index (Phi) is 9.37. The van der Waals surface area contributed by atoms with E-state index in [1.54, 1.807) is 7.05 Å². The summed E-state index contributed by atoms with van der Waals surface area (Å²) in [5, 5.41) is 6.82. The minimum absolute atomic E-state index is 0. The van der Waals surface area contributed by atoms with E-state index in [4.69, 9.17) is 0 Å². The maximum Gasteiger partial charge on any atom is 0.215 e. The van der Waals surface area contributed by atoms with E-state index in [2.05, 4.69) is 49.5 Å². The van der Waals surface area contributed by atoms with E-state index in [1.807, 2.05) is 30.3 Å². The molecule has 0 aliphatic carbocycles. The summed E-state index contributed by atoms with van der Waals surface area (Å²) < 4.78 is 25.9. The average molecular weight is 543 g/mol. The fourth-order valence-electron chi connectivity index (χ4n) is 3.45. The first kappa shape index (κ1) is 24.4. The standard InChI is InChI=1S/C21H29N5O2S.HI/c1-22-21(25-19-11-12-26(15-19)20-9-4-3-5-10-20)24-14-17-7-6-8-18(13-17)16-29(27,28)23-2;/h3-10,13,19,23H,11-12,14-16H2,1-2H3,(H2,22,24,25);1H. The molecule has 0 aromatic heterocycles. The van der Waals surface area contributed by atoms with Gasteiger partial charge in [0, 0.05) is 38.4 Å². The van der Waals surface area contributed by atoms with E-state index in [-0.39, 0.29) is 29.7 Å². The van der Waals surface area contributed by atoms with Crippen molar-refractivity contribution in [2.75, 3.05) is 32.1 Å². The molecule has 1 fully saturated rings. The van der Waals surface area contributed by atoms with Gasteiger partial charge >= 0.3 is 0 Å². The summed E-state index contributed by atoms with van der Waals surface area (Å²) in [6.45, 7) is 2.52. The first-order chi connectivity index (χ1) is 14.0. The molecule has 1 aliphatic rings. The van der Waals surface area contributed by atoms with Crippen LogP contribution in [0.4, 0.5) is 5.69 Å². The van der Waals surface area contributed by atoms with Gasteiger partial charge in [-0.3, -0.25) is 4.99 Å². The lowest BCUT2D eigenvalue weighted by Crippen LogP contribution is -2.44. The van der Waals surface area contributed by atoms with Crippen LogP contribution in [-0.4, -0.2) is 47.6 Å². The highest BCUT2D eigenvalue weighted by atomic mass is 127. The van der Waals surface area contributed by atoms with Crippen LogP contribution in [0.2, 0.25) is 0 Å². The van der Waals surface area contributed by atoms with Crippen LogP contribution in [0.3, 0.4) is 0 Å². The van der Waals surface area contributed by atoms with Crippen molar-refractivity contribution in [3.63, 3.8) is 0 Å². The second-order valence-electron chi connectivity index (χ2n) is 7.12. The topological polar surface area (TPSA) is 85.8 Å². The molecule has 2 aromatic rings. The first-order valence-corrected chi connectivity index (χ1v) is 11.4. The van der Waals surface area contributed by atoms with Gasteiger partial charge in [0.25, 0.3) is 0 Å². The molecule has 0 spiro atoms. The molecule has 1 aliphatic heterocycles. The number of anilines is 1. The highest BCUT2D eigenvalue weighted by Gasteiger charge is 2.23. The van der Waals surface area contributed by atoms with Crippen LogP contribution in [0.15, 0.2) is 59.6 Å². The number of nitrogens with one attached hydrogen (secondary N) is 3. The number of aliphatic imine (C=N–C) groups is 1. The SMILES string of the molecule is CN=C(NCc1cccc(CS(=O)(=O)NC)c1)NC1CCN(c2ccccc2)C1.I. The zero-order valence-corrected chi connectivity index (χ0v) is 20.5. The Balaban J connectivity index is 0.00000320. The van der Waals surface area contributed by atoms with Gasteiger partial charge in [-0.05, 0) is 36.7 Å². The molecule has 0 radical (unpaired) electrons. The number of hydrogen-bond acceptors (Lipinski definition) is 4. The van der Waals surface area contributed by atoms with E-state index in [0.29, 0.717) is 12.6 Å². The van der Waals surface area contributed by atoms with Crippen molar-refractivity contribution in [1.29, 1.82) is 0 Å². The van der Waals surface area contributed by atoms with Crippen molar-refractivity contribution < 1.29 is 8.42 Å².